The molecule has 0 spiro atoms. The molecule has 0 fully saturated rings. The minimum atomic E-state index is -0.0973. The fourth-order valence-corrected chi connectivity index (χ4v) is 2.84. The van der Waals surface area contributed by atoms with E-state index in [0.29, 0.717) is 11.4 Å². The maximum absolute atomic E-state index is 6.35. The molecular weight excluding hydrogens is 338 g/mol. The van der Waals surface area contributed by atoms with Crippen LogP contribution in [0.5, 0.6) is 5.75 Å². The standard InChI is InChI=1S/C16H17BrClNO/c1-10-3-4-12(17)9-14(10)15(19)8-11-7-13(18)5-6-16(11)20-2/h3-7,9,15H,8,19H2,1-2H3. The van der Waals surface area contributed by atoms with Gasteiger partial charge in [-0.25, -0.2) is 0 Å². The third kappa shape index (κ3) is 3.54. The van der Waals surface area contributed by atoms with Gasteiger partial charge in [0.25, 0.3) is 0 Å². The zero-order valence-corrected chi connectivity index (χ0v) is 13.8. The van der Waals surface area contributed by atoms with E-state index in [1.165, 1.54) is 5.56 Å². The van der Waals surface area contributed by atoms with Gasteiger partial charge < -0.3 is 10.5 Å². The van der Waals surface area contributed by atoms with Gasteiger partial charge in [-0.1, -0.05) is 33.6 Å². The van der Waals surface area contributed by atoms with Crippen molar-refractivity contribution in [2.24, 2.45) is 5.73 Å². The SMILES string of the molecule is COc1ccc(Cl)cc1CC(N)c1cc(Br)ccc1C. The molecular formula is C16H17BrClNO. The molecule has 2 nitrogen and oxygen atoms in total. The summed E-state index contributed by atoms with van der Waals surface area (Å²) in [6.07, 6.45) is 0.682. The molecule has 0 saturated carbocycles. The predicted molar refractivity (Wildman–Crippen MR) is 87.5 cm³/mol. The van der Waals surface area contributed by atoms with Crippen LogP contribution in [0.15, 0.2) is 40.9 Å². The summed E-state index contributed by atoms with van der Waals surface area (Å²) >= 11 is 9.54. The number of halogens is 2. The van der Waals surface area contributed by atoms with E-state index in [2.05, 4.69) is 35.0 Å². The first-order valence-corrected chi connectivity index (χ1v) is 7.52. The van der Waals surface area contributed by atoms with Crippen LogP contribution in [0.1, 0.15) is 22.7 Å². The Morgan fingerprint density at radius 3 is 2.70 bits per heavy atom. The normalized spacial score (nSPS) is 12.2. The van der Waals surface area contributed by atoms with Crippen LogP contribution in [0.3, 0.4) is 0 Å². The largest absolute Gasteiger partial charge is 0.496 e. The first-order chi connectivity index (χ1) is 9.51. The quantitative estimate of drug-likeness (QED) is 0.866. The van der Waals surface area contributed by atoms with Crippen LogP contribution >= 0.6 is 27.5 Å². The maximum atomic E-state index is 6.35. The Labute approximate surface area is 133 Å². The van der Waals surface area contributed by atoms with Gasteiger partial charge in [0, 0.05) is 15.5 Å². The Morgan fingerprint density at radius 1 is 1.25 bits per heavy atom. The number of hydrogen-bond acceptors (Lipinski definition) is 2. The van der Waals surface area contributed by atoms with Crippen molar-refractivity contribution in [3.05, 3.63) is 62.6 Å². The predicted octanol–water partition coefficient (Wildman–Crippen LogP) is 4.66. The number of nitrogens with two attached hydrogens (primary N) is 1. The van der Waals surface area contributed by atoms with Gasteiger partial charge >= 0.3 is 0 Å². The van der Waals surface area contributed by atoms with E-state index in [1.807, 2.05) is 24.3 Å². The van der Waals surface area contributed by atoms with Crippen LogP contribution < -0.4 is 10.5 Å². The summed E-state index contributed by atoms with van der Waals surface area (Å²) in [5, 5.41) is 0.693. The third-order valence-electron chi connectivity index (χ3n) is 3.32. The van der Waals surface area contributed by atoms with Crippen molar-refractivity contribution in [3.63, 3.8) is 0 Å². The molecule has 2 aromatic rings. The Hall–Kier alpha value is -1.03. The van der Waals surface area contributed by atoms with Gasteiger partial charge in [0.1, 0.15) is 5.75 Å². The highest BCUT2D eigenvalue weighted by Gasteiger charge is 2.13. The molecule has 2 aromatic carbocycles. The van der Waals surface area contributed by atoms with Crippen LogP contribution in [-0.4, -0.2) is 7.11 Å². The van der Waals surface area contributed by atoms with Gasteiger partial charge in [-0.3, -0.25) is 0 Å². The Kier molecular flexibility index (Phi) is 5.08. The number of aryl methyl sites for hydroxylation is 1. The topological polar surface area (TPSA) is 35.2 Å². The van der Waals surface area contributed by atoms with E-state index in [0.717, 1.165) is 21.3 Å². The van der Waals surface area contributed by atoms with E-state index in [4.69, 9.17) is 22.1 Å². The number of methoxy groups -OCH3 is 1. The molecule has 4 heteroatoms. The second kappa shape index (κ2) is 6.61. The van der Waals surface area contributed by atoms with Crippen LogP contribution in [0.25, 0.3) is 0 Å². The number of benzene rings is 2. The molecule has 0 radical (unpaired) electrons. The van der Waals surface area contributed by atoms with Crippen LogP contribution in [0, 0.1) is 6.92 Å². The monoisotopic (exact) mass is 353 g/mol. The molecule has 106 valence electrons. The summed E-state index contributed by atoms with van der Waals surface area (Å²) in [5.41, 5.74) is 9.68. The highest BCUT2D eigenvalue weighted by Crippen LogP contribution is 2.29. The third-order valence-corrected chi connectivity index (χ3v) is 4.05. The van der Waals surface area contributed by atoms with Crippen molar-refractivity contribution < 1.29 is 4.74 Å². The molecule has 2 N–H and O–H groups in total. The average Bonchev–Trinajstić information content (AvgIpc) is 2.41. The van der Waals surface area contributed by atoms with E-state index >= 15 is 0 Å². The molecule has 0 aliphatic rings. The highest BCUT2D eigenvalue weighted by atomic mass is 79.9. The van der Waals surface area contributed by atoms with Crippen molar-refractivity contribution in [3.8, 4) is 5.75 Å². The average molecular weight is 355 g/mol. The molecule has 20 heavy (non-hydrogen) atoms. The second-order valence-electron chi connectivity index (χ2n) is 4.77. The molecule has 0 bridgehead atoms. The fraction of sp³-hybridized carbons (Fsp3) is 0.250. The summed E-state index contributed by atoms with van der Waals surface area (Å²) in [6.45, 7) is 2.07. The van der Waals surface area contributed by atoms with E-state index in [-0.39, 0.29) is 6.04 Å². The molecule has 0 aliphatic heterocycles. The molecule has 0 aliphatic carbocycles. The van der Waals surface area contributed by atoms with Gasteiger partial charge in [0.05, 0.1) is 7.11 Å². The van der Waals surface area contributed by atoms with Crippen molar-refractivity contribution in [1.29, 1.82) is 0 Å². The van der Waals surface area contributed by atoms with Gasteiger partial charge in [-0.2, -0.15) is 0 Å². The zero-order chi connectivity index (χ0) is 14.7. The summed E-state index contributed by atoms with van der Waals surface area (Å²) in [5.74, 6) is 0.817. The fourth-order valence-electron chi connectivity index (χ4n) is 2.26. The summed E-state index contributed by atoms with van der Waals surface area (Å²) < 4.78 is 6.40. The smallest absolute Gasteiger partial charge is 0.122 e. The molecule has 0 heterocycles. The minimum absolute atomic E-state index is 0.0973. The van der Waals surface area contributed by atoms with Gasteiger partial charge in [0.2, 0.25) is 0 Å². The lowest BCUT2D eigenvalue weighted by Crippen LogP contribution is -2.15. The van der Waals surface area contributed by atoms with Gasteiger partial charge in [0.15, 0.2) is 0 Å². The van der Waals surface area contributed by atoms with Crippen molar-refractivity contribution >= 4 is 27.5 Å². The second-order valence-corrected chi connectivity index (χ2v) is 6.12. The lowest BCUT2D eigenvalue weighted by Gasteiger charge is -2.17. The maximum Gasteiger partial charge on any atom is 0.122 e. The Bertz CT molecular complexity index is 615. The first kappa shape index (κ1) is 15.4. The lowest BCUT2D eigenvalue weighted by molar-refractivity contribution is 0.408. The van der Waals surface area contributed by atoms with E-state index < -0.39 is 0 Å². The van der Waals surface area contributed by atoms with Crippen LogP contribution in [0.2, 0.25) is 5.02 Å². The molecule has 0 aromatic heterocycles. The van der Waals surface area contributed by atoms with Crippen LogP contribution in [0.4, 0.5) is 0 Å². The molecule has 1 unspecified atom stereocenters. The zero-order valence-electron chi connectivity index (χ0n) is 11.5. The molecule has 1 atom stereocenters. The van der Waals surface area contributed by atoms with Crippen molar-refractivity contribution in [2.75, 3.05) is 7.11 Å². The van der Waals surface area contributed by atoms with E-state index in [9.17, 15) is 0 Å². The number of ether oxygens (including phenoxy) is 1. The summed E-state index contributed by atoms with van der Waals surface area (Å²) in [7, 11) is 1.66. The summed E-state index contributed by atoms with van der Waals surface area (Å²) in [4.78, 5) is 0. The molecule has 0 amide bonds. The number of hydrogen-bond donors (Lipinski definition) is 1. The van der Waals surface area contributed by atoms with Gasteiger partial charge in [-0.05, 0) is 60.4 Å². The van der Waals surface area contributed by atoms with E-state index in [1.54, 1.807) is 7.11 Å². The lowest BCUT2D eigenvalue weighted by atomic mass is 9.96. The van der Waals surface area contributed by atoms with Gasteiger partial charge in [-0.15, -0.1) is 0 Å². The highest BCUT2D eigenvalue weighted by molar-refractivity contribution is 9.10. The number of rotatable bonds is 4. The Morgan fingerprint density at radius 2 is 2.00 bits per heavy atom. The molecule has 2 rings (SSSR count). The first-order valence-electron chi connectivity index (χ1n) is 6.35. The Balaban J connectivity index is 2.29. The van der Waals surface area contributed by atoms with Crippen LogP contribution in [-0.2, 0) is 6.42 Å². The minimum Gasteiger partial charge on any atom is -0.496 e. The van der Waals surface area contributed by atoms with Crippen molar-refractivity contribution in [1.82, 2.24) is 0 Å². The summed E-state index contributed by atoms with van der Waals surface area (Å²) in [6, 6.07) is 11.7. The molecule has 0 saturated heterocycles. The van der Waals surface area contributed by atoms with Crippen molar-refractivity contribution in [2.45, 2.75) is 19.4 Å².